The van der Waals surface area contributed by atoms with Gasteiger partial charge >= 0.3 is 0 Å². The van der Waals surface area contributed by atoms with Crippen molar-refractivity contribution in [1.82, 2.24) is 4.98 Å². The lowest BCUT2D eigenvalue weighted by atomic mass is 10.2. The molecule has 1 aromatic rings. The van der Waals surface area contributed by atoms with E-state index in [9.17, 15) is 8.78 Å². The van der Waals surface area contributed by atoms with Crippen LogP contribution in [0.4, 0.5) is 14.6 Å². The van der Waals surface area contributed by atoms with Crippen LogP contribution in [-0.2, 0) is 6.54 Å². The largest absolute Gasteiger partial charge is 0.383 e. The van der Waals surface area contributed by atoms with E-state index in [4.69, 9.17) is 23.1 Å². The fourth-order valence-electron chi connectivity index (χ4n) is 0.880. The Hall–Kier alpha value is -0.940. The number of nitrogens with two attached hydrogens (primary N) is 2. The molecule has 0 saturated heterocycles. The summed E-state index contributed by atoms with van der Waals surface area (Å²) in [7, 11) is 0. The van der Waals surface area contributed by atoms with E-state index in [1.165, 1.54) is 6.07 Å². The van der Waals surface area contributed by atoms with Crippen LogP contribution in [0.25, 0.3) is 0 Å². The first-order chi connectivity index (χ1) is 6.06. The zero-order valence-corrected chi connectivity index (χ0v) is 7.35. The van der Waals surface area contributed by atoms with Crippen molar-refractivity contribution in [3.8, 4) is 0 Å². The van der Waals surface area contributed by atoms with Crippen LogP contribution < -0.4 is 11.5 Å². The fraction of sp³-hybridized carbons (Fsp3) is 0.286. The molecule has 1 rings (SSSR count). The first kappa shape index (κ1) is 10.1. The monoisotopic (exact) mass is 207 g/mol. The zero-order valence-electron chi connectivity index (χ0n) is 6.60. The Bertz CT molecular complexity index is 317. The van der Waals surface area contributed by atoms with Crippen LogP contribution in [0.15, 0.2) is 6.07 Å². The van der Waals surface area contributed by atoms with E-state index in [0.29, 0.717) is 5.56 Å². The summed E-state index contributed by atoms with van der Waals surface area (Å²) < 4.78 is 24.5. The first-order valence-electron chi connectivity index (χ1n) is 3.49. The summed E-state index contributed by atoms with van der Waals surface area (Å²) in [6.07, 6.45) is -2.66. The number of nitrogen functional groups attached to an aromatic ring is 1. The number of hydrogen-bond donors (Lipinski definition) is 2. The van der Waals surface area contributed by atoms with Crippen molar-refractivity contribution in [3.63, 3.8) is 0 Å². The van der Waals surface area contributed by atoms with Crippen molar-refractivity contribution >= 4 is 17.4 Å². The molecule has 0 bridgehead atoms. The number of halogens is 3. The highest BCUT2D eigenvalue weighted by Gasteiger charge is 2.15. The molecule has 1 heterocycles. The van der Waals surface area contributed by atoms with Crippen molar-refractivity contribution in [2.75, 3.05) is 5.73 Å². The topological polar surface area (TPSA) is 64.9 Å². The van der Waals surface area contributed by atoms with Gasteiger partial charge in [-0.1, -0.05) is 11.6 Å². The zero-order chi connectivity index (χ0) is 10.0. The molecule has 0 amide bonds. The molecule has 1 aromatic heterocycles. The fourth-order valence-corrected chi connectivity index (χ4v) is 1.11. The van der Waals surface area contributed by atoms with Gasteiger partial charge in [0.1, 0.15) is 11.0 Å². The molecule has 0 aliphatic carbocycles. The minimum atomic E-state index is -2.66. The third-order valence-corrected chi connectivity index (χ3v) is 1.87. The summed E-state index contributed by atoms with van der Waals surface area (Å²) >= 11 is 5.44. The SMILES string of the molecule is NCc1cc(C(F)F)c(Cl)nc1N. The molecular formula is C7H8ClF2N3. The molecule has 6 heteroatoms. The van der Waals surface area contributed by atoms with Gasteiger partial charge in [0.05, 0.1) is 5.56 Å². The lowest BCUT2D eigenvalue weighted by Crippen LogP contribution is -2.05. The molecular weight excluding hydrogens is 200 g/mol. The molecule has 0 fully saturated rings. The first-order valence-corrected chi connectivity index (χ1v) is 3.87. The van der Waals surface area contributed by atoms with Gasteiger partial charge in [-0.2, -0.15) is 0 Å². The van der Waals surface area contributed by atoms with Crippen molar-refractivity contribution in [2.45, 2.75) is 13.0 Å². The van der Waals surface area contributed by atoms with E-state index in [2.05, 4.69) is 4.98 Å². The average molecular weight is 208 g/mol. The van der Waals surface area contributed by atoms with Crippen LogP contribution in [0.5, 0.6) is 0 Å². The van der Waals surface area contributed by atoms with Gasteiger partial charge in [0.25, 0.3) is 6.43 Å². The minimum absolute atomic E-state index is 0.0652. The molecule has 0 saturated carbocycles. The Labute approximate surface area is 78.7 Å². The third-order valence-electron chi connectivity index (χ3n) is 1.57. The van der Waals surface area contributed by atoms with Gasteiger partial charge in [-0.3, -0.25) is 0 Å². The average Bonchev–Trinajstić information content (AvgIpc) is 2.03. The van der Waals surface area contributed by atoms with E-state index >= 15 is 0 Å². The second-order valence-corrected chi connectivity index (χ2v) is 2.78. The maximum Gasteiger partial charge on any atom is 0.266 e. The Morgan fingerprint density at radius 2 is 2.15 bits per heavy atom. The van der Waals surface area contributed by atoms with Crippen molar-refractivity contribution in [1.29, 1.82) is 0 Å². The van der Waals surface area contributed by atoms with Crippen LogP contribution in [0.1, 0.15) is 17.6 Å². The van der Waals surface area contributed by atoms with Gasteiger partial charge in [-0.25, -0.2) is 13.8 Å². The molecule has 0 spiro atoms. The van der Waals surface area contributed by atoms with Gasteiger partial charge in [0.15, 0.2) is 0 Å². The van der Waals surface area contributed by atoms with E-state index < -0.39 is 6.43 Å². The van der Waals surface area contributed by atoms with E-state index in [-0.39, 0.29) is 23.1 Å². The predicted octanol–water partition coefficient (Wildman–Crippen LogP) is 1.71. The highest BCUT2D eigenvalue weighted by molar-refractivity contribution is 6.30. The van der Waals surface area contributed by atoms with Gasteiger partial charge in [-0.15, -0.1) is 0 Å². The summed E-state index contributed by atoms with van der Waals surface area (Å²) in [5, 5.41) is -0.273. The van der Waals surface area contributed by atoms with E-state index in [1.54, 1.807) is 0 Å². The Morgan fingerprint density at radius 1 is 1.54 bits per heavy atom. The van der Waals surface area contributed by atoms with Crippen molar-refractivity contribution < 1.29 is 8.78 Å². The number of nitrogens with zero attached hydrogens (tertiary/aromatic N) is 1. The molecule has 3 nitrogen and oxygen atoms in total. The van der Waals surface area contributed by atoms with Crippen LogP contribution in [0, 0.1) is 0 Å². The molecule has 0 aromatic carbocycles. The summed E-state index contributed by atoms with van der Waals surface area (Å²) in [4.78, 5) is 3.55. The normalized spacial score (nSPS) is 10.8. The Morgan fingerprint density at radius 3 is 2.62 bits per heavy atom. The molecule has 0 unspecified atom stereocenters. The van der Waals surface area contributed by atoms with Crippen molar-refractivity contribution in [2.24, 2.45) is 5.73 Å². The molecule has 0 atom stereocenters. The molecule has 0 aliphatic heterocycles. The smallest absolute Gasteiger partial charge is 0.266 e. The second kappa shape index (κ2) is 3.85. The number of pyridine rings is 1. The van der Waals surface area contributed by atoms with E-state index in [0.717, 1.165) is 0 Å². The third kappa shape index (κ3) is 2.05. The maximum atomic E-state index is 12.3. The van der Waals surface area contributed by atoms with Gasteiger partial charge in [0, 0.05) is 12.1 Å². The van der Waals surface area contributed by atoms with Gasteiger partial charge < -0.3 is 11.5 Å². The summed E-state index contributed by atoms with van der Waals surface area (Å²) in [5.41, 5.74) is 10.7. The van der Waals surface area contributed by atoms with Crippen LogP contribution in [0.2, 0.25) is 5.15 Å². The quantitative estimate of drug-likeness (QED) is 0.726. The molecule has 13 heavy (non-hydrogen) atoms. The molecule has 0 aliphatic rings. The Kier molecular flexibility index (Phi) is 3.00. The number of alkyl halides is 2. The maximum absolute atomic E-state index is 12.3. The lowest BCUT2D eigenvalue weighted by molar-refractivity contribution is 0.151. The number of hydrogen-bond acceptors (Lipinski definition) is 3. The van der Waals surface area contributed by atoms with Crippen LogP contribution >= 0.6 is 11.6 Å². The van der Waals surface area contributed by atoms with Gasteiger partial charge in [-0.05, 0) is 6.07 Å². The highest BCUT2D eigenvalue weighted by Crippen LogP contribution is 2.28. The standard InChI is InChI=1S/C7H8ClF2N3/c8-5-4(6(9)10)1-3(2-11)7(12)13-5/h1,6H,2,11H2,(H2,12,13). The summed E-state index contributed by atoms with van der Waals surface area (Å²) in [6, 6.07) is 1.18. The number of aromatic nitrogens is 1. The number of anilines is 1. The predicted molar refractivity (Wildman–Crippen MR) is 46.5 cm³/mol. The van der Waals surface area contributed by atoms with Crippen LogP contribution in [0.3, 0.4) is 0 Å². The minimum Gasteiger partial charge on any atom is -0.383 e. The summed E-state index contributed by atoms with van der Waals surface area (Å²) in [5.74, 6) is 0.0944. The molecule has 72 valence electrons. The Balaban J connectivity index is 3.22. The second-order valence-electron chi connectivity index (χ2n) is 2.42. The molecule has 0 radical (unpaired) electrons. The lowest BCUT2D eigenvalue weighted by Gasteiger charge is -2.07. The highest BCUT2D eigenvalue weighted by atomic mass is 35.5. The van der Waals surface area contributed by atoms with Crippen molar-refractivity contribution in [3.05, 3.63) is 22.3 Å². The van der Waals surface area contributed by atoms with Gasteiger partial charge in [0.2, 0.25) is 0 Å². The summed E-state index contributed by atoms with van der Waals surface area (Å²) in [6.45, 7) is 0.0652. The van der Waals surface area contributed by atoms with Crippen LogP contribution in [-0.4, -0.2) is 4.98 Å². The van der Waals surface area contributed by atoms with E-state index in [1.807, 2.05) is 0 Å². The molecule has 4 N–H and O–H groups in total. The number of rotatable bonds is 2.